The molecule has 1 fully saturated rings. The van der Waals surface area contributed by atoms with E-state index in [1.165, 1.54) is 0 Å². The van der Waals surface area contributed by atoms with Crippen LogP contribution in [-0.2, 0) is 11.3 Å². The van der Waals surface area contributed by atoms with Gasteiger partial charge in [0.1, 0.15) is 0 Å². The van der Waals surface area contributed by atoms with Gasteiger partial charge in [0.15, 0.2) is 0 Å². The van der Waals surface area contributed by atoms with E-state index in [4.69, 9.17) is 0 Å². The van der Waals surface area contributed by atoms with Gasteiger partial charge in [0.2, 0.25) is 5.91 Å². The van der Waals surface area contributed by atoms with E-state index in [1.807, 2.05) is 18.2 Å². The maximum atomic E-state index is 13.2. The van der Waals surface area contributed by atoms with Crippen molar-refractivity contribution in [1.82, 2.24) is 9.97 Å². The molecule has 28 heavy (non-hydrogen) atoms. The molecule has 0 radical (unpaired) electrons. The molecule has 6 nitrogen and oxygen atoms in total. The van der Waals surface area contributed by atoms with Crippen molar-refractivity contribution in [2.24, 2.45) is 5.92 Å². The number of nitrogens with zero attached hydrogens (tertiary/aromatic N) is 3. The molecule has 1 aliphatic carbocycles. The van der Waals surface area contributed by atoms with Gasteiger partial charge >= 0.3 is 0 Å². The van der Waals surface area contributed by atoms with Gasteiger partial charge in [-0.15, -0.1) is 0 Å². The van der Waals surface area contributed by atoms with Crippen molar-refractivity contribution < 1.29 is 9.59 Å². The zero-order chi connectivity index (χ0) is 19.3. The van der Waals surface area contributed by atoms with E-state index in [-0.39, 0.29) is 17.7 Å². The zero-order valence-electron chi connectivity index (χ0n) is 15.3. The third-order valence-electron chi connectivity index (χ3n) is 4.61. The monoisotopic (exact) mass is 372 g/mol. The number of nitrogens with one attached hydrogen (secondary N) is 1. The van der Waals surface area contributed by atoms with E-state index >= 15 is 0 Å². The standard InChI is InChI=1S/C22H20N4O2/c27-21(16-4-5-16)25-18-8-6-17(7-9-18)22(28)26(20-10-13-23-14-11-20)15-19-3-1-2-12-24-19/h1-3,6-14,16H,4-5,15H2,(H,25,27). The Labute approximate surface area is 163 Å². The summed E-state index contributed by atoms with van der Waals surface area (Å²) in [4.78, 5) is 35.1. The van der Waals surface area contributed by atoms with Crippen molar-refractivity contribution in [3.05, 3.63) is 84.4 Å². The highest BCUT2D eigenvalue weighted by atomic mass is 16.2. The molecule has 0 atom stereocenters. The second-order valence-electron chi connectivity index (χ2n) is 6.76. The molecule has 2 aromatic heterocycles. The van der Waals surface area contributed by atoms with E-state index in [2.05, 4.69) is 15.3 Å². The third kappa shape index (κ3) is 4.23. The van der Waals surface area contributed by atoms with Gasteiger partial charge in [0.25, 0.3) is 5.91 Å². The number of carbonyl (C=O) groups excluding carboxylic acids is 2. The van der Waals surface area contributed by atoms with E-state index in [1.54, 1.807) is 59.9 Å². The summed E-state index contributed by atoms with van der Waals surface area (Å²) >= 11 is 0. The van der Waals surface area contributed by atoms with Crippen LogP contribution in [0.1, 0.15) is 28.9 Å². The van der Waals surface area contributed by atoms with Crippen LogP contribution in [0.2, 0.25) is 0 Å². The molecule has 0 spiro atoms. The average molecular weight is 372 g/mol. The van der Waals surface area contributed by atoms with Crippen molar-refractivity contribution in [2.75, 3.05) is 10.2 Å². The van der Waals surface area contributed by atoms with Gasteiger partial charge in [-0.05, 0) is 61.4 Å². The minimum absolute atomic E-state index is 0.0487. The van der Waals surface area contributed by atoms with Crippen LogP contribution in [0.15, 0.2) is 73.2 Å². The number of rotatable bonds is 6. The number of carbonyl (C=O) groups is 2. The number of benzene rings is 1. The molecule has 4 rings (SSSR count). The molecule has 0 unspecified atom stereocenters. The first-order chi connectivity index (χ1) is 13.7. The molecule has 1 aliphatic rings. The summed E-state index contributed by atoms with van der Waals surface area (Å²) in [7, 11) is 0. The Hall–Kier alpha value is -3.54. The molecule has 0 aliphatic heterocycles. The quantitative estimate of drug-likeness (QED) is 0.716. The molecule has 1 aromatic carbocycles. The summed E-state index contributed by atoms with van der Waals surface area (Å²) in [6.45, 7) is 0.351. The van der Waals surface area contributed by atoms with Crippen molar-refractivity contribution in [3.63, 3.8) is 0 Å². The lowest BCUT2D eigenvalue weighted by atomic mass is 10.1. The van der Waals surface area contributed by atoms with Gasteiger partial charge in [-0.2, -0.15) is 0 Å². The molecular weight excluding hydrogens is 352 g/mol. The first kappa shape index (κ1) is 17.9. The van der Waals surface area contributed by atoms with E-state index in [0.717, 1.165) is 24.2 Å². The van der Waals surface area contributed by atoms with Crippen LogP contribution in [0.3, 0.4) is 0 Å². The number of pyridine rings is 2. The second kappa shape index (κ2) is 8.00. The fourth-order valence-electron chi connectivity index (χ4n) is 2.90. The van der Waals surface area contributed by atoms with Gasteiger partial charge in [-0.1, -0.05) is 6.07 Å². The van der Waals surface area contributed by atoms with Crippen LogP contribution in [0.5, 0.6) is 0 Å². The molecule has 3 aromatic rings. The van der Waals surface area contributed by atoms with Gasteiger partial charge in [0.05, 0.1) is 12.2 Å². The predicted octanol–water partition coefficient (Wildman–Crippen LogP) is 3.67. The summed E-state index contributed by atoms with van der Waals surface area (Å²) < 4.78 is 0. The molecular formula is C22H20N4O2. The summed E-state index contributed by atoms with van der Waals surface area (Å²) in [5, 5.41) is 2.89. The summed E-state index contributed by atoms with van der Waals surface area (Å²) in [6, 6.07) is 16.2. The number of aromatic nitrogens is 2. The van der Waals surface area contributed by atoms with Crippen LogP contribution in [0.25, 0.3) is 0 Å². The highest BCUT2D eigenvalue weighted by molar-refractivity contribution is 6.06. The Morgan fingerprint density at radius 1 is 0.964 bits per heavy atom. The van der Waals surface area contributed by atoms with Gasteiger partial charge < -0.3 is 10.2 Å². The van der Waals surface area contributed by atoms with E-state index in [9.17, 15) is 9.59 Å². The van der Waals surface area contributed by atoms with Crippen molar-refractivity contribution in [1.29, 1.82) is 0 Å². The molecule has 0 saturated heterocycles. The van der Waals surface area contributed by atoms with Crippen molar-refractivity contribution >= 4 is 23.2 Å². The Kier molecular flexibility index (Phi) is 5.10. The number of amides is 2. The highest BCUT2D eigenvalue weighted by Gasteiger charge is 2.29. The van der Waals surface area contributed by atoms with Gasteiger partial charge in [-0.3, -0.25) is 19.6 Å². The topological polar surface area (TPSA) is 75.2 Å². The molecule has 0 bridgehead atoms. The maximum absolute atomic E-state index is 13.2. The Balaban J connectivity index is 1.55. The fourth-order valence-corrected chi connectivity index (χ4v) is 2.90. The van der Waals surface area contributed by atoms with Crippen LogP contribution < -0.4 is 10.2 Å². The Morgan fingerprint density at radius 3 is 2.36 bits per heavy atom. The molecule has 2 amide bonds. The number of anilines is 2. The zero-order valence-corrected chi connectivity index (χ0v) is 15.3. The van der Waals surface area contributed by atoms with Gasteiger partial charge in [0, 0.05) is 41.4 Å². The smallest absolute Gasteiger partial charge is 0.258 e. The molecule has 1 saturated carbocycles. The van der Waals surface area contributed by atoms with Crippen molar-refractivity contribution in [2.45, 2.75) is 19.4 Å². The van der Waals surface area contributed by atoms with Crippen LogP contribution in [0.4, 0.5) is 11.4 Å². The SMILES string of the molecule is O=C(Nc1ccc(C(=O)N(Cc2ccccn2)c2ccncc2)cc1)C1CC1. The lowest BCUT2D eigenvalue weighted by molar-refractivity contribution is -0.117. The number of hydrogen-bond donors (Lipinski definition) is 1. The fraction of sp³-hybridized carbons (Fsp3) is 0.182. The molecule has 140 valence electrons. The molecule has 1 N–H and O–H groups in total. The van der Waals surface area contributed by atoms with Crippen LogP contribution in [-0.4, -0.2) is 21.8 Å². The van der Waals surface area contributed by atoms with E-state index in [0.29, 0.717) is 17.8 Å². The second-order valence-corrected chi connectivity index (χ2v) is 6.76. The Morgan fingerprint density at radius 2 is 1.71 bits per heavy atom. The minimum atomic E-state index is -0.142. The average Bonchev–Trinajstić information content (AvgIpc) is 3.59. The predicted molar refractivity (Wildman–Crippen MR) is 107 cm³/mol. The molecule has 2 heterocycles. The highest BCUT2D eigenvalue weighted by Crippen LogP contribution is 2.30. The van der Waals surface area contributed by atoms with E-state index < -0.39 is 0 Å². The summed E-state index contributed by atoms with van der Waals surface area (Å²) in [5.74, 6) is 0.0476. The summed E-state index contributed by atoms with van der Waals surface area (Å²) in [6.07, 6.45) is 6.94. The normalized spacial score (nSPS) is 13.0. The summed E-state index contributed by atoms with van der Waals surface area (Å²) in [5.41, 5.74) is 2.78. The first-order valence-electron chi connectivity index (χ1n) is 9.23. The van der Waals surface area contributed by atoms with Crippen LogP contribution in [0, 0.1) is 5.92 Å². The van der Waals surface area contributed by atoms with Gasteiger partial charge in [-0.25, -0.2) is 0 Å². The lowest BCUT2D eigenvalue weighted by Crippen LogP contribution is -2.30. The minimum Gasteiger partial charge on any atom is -0.326 e. The lowest BCUT2D eigenvalue weighted by Gasteiger charge is -2.22. The van der Waals surface area contributed by atoms with Crippen LogP contribution >= 0.6 is 0 Å². The first-order valence-corrected chi connectivity index (χ1v) is 9.23. The number of hydrogen-bond acceptors (Lipinski definition) is 4. The molecule has 6 heteroatoms. The largest absolute Gasteiger partial charge is 0.326 e. The third-order valence-corrected chi connectivity index (χ3v) is 4.61. The Bertz CT molecular complexity index is 955. The maximum Gasteiger partial charge on any atom is 0.258 e. The van der Waals surface area contributed by atoms with Crippen molar-refractivity contribution in [3.8, 4) is 0 Å².